The fourth-order valence-electron chi connectivity index (χ4n) is 3.52. The summed E-state index contributed by atoms with van der Waals surface area (Å²) in [6.07, 6.45) is 0. The van der Waals surface area contributed by atoms with Gasteiger partial charge in [0.05, 0.1) is 6.54 Å². The molecule has 0 fully saturated rings. The number of halogens is 1. The first kappa shape index (κ1) is 16.3. The van der Waals surface area contributed by atoms with Gasteiger partial charge in [-0.3, -0.25) is 4.79 Å². The summed E-state index contributed by atoms with van der Waals surface area (Å²) in [5.74, 6) is 0.606. The minimum atomic E-state index is 0.0287. The Morgan fingerprint density at radius 2 is 1.85 bits per heavy atom. The van der Waals surface area contributed by atoms with Crippen molar-refractivity contribution in [3.05, 3.63) is 81.8 Å². The summed E-state index contributed by atoms with van der Waals surface area (Å²) in [7, 11) is 0. The number of amides is 1. The van der Waals surface area contributed by atoms with Crippen molar-refractivity contribution in [1.29, 1.82) is 0 Å². The number of aryl methyl sites for hydroxylation is 1. The van der Waals surface area contributed by atoms with E-state index in [-0.39, 0.29) is 5.91 Å². The molecule has 5 rings (SSSR count). The normalized spacial score (nSPS) is 13.4. The highest BCUT2D eigenvalue weighted by Crippen LogP contribution is 2.34. The van der Waals surface area contributed by atoms with Crippen LogP contribution in [0.5, 0.6) is 0 Å². The Morgan fingerprint density at radius 3 is 2.63 bits per heavy atom. The van der Waals surface area contributed by atoms with E-state index in [0.717, 1.165) is 43.5 Å². The standard InChI is InChI=1S/C22H15BrN2O2/c1-13-10-17(25-12-15-4-2-3-5-18(15)22(25)26)11-19-20(13)27-21(24-19)14-6-8-16(23)9-7-14/h2-11H,12H2,1H3. The third-order valence-electron chi connectivity index (χ3n) is 4.88. The SMILES string of the molecule is Cc1cc(N2Cc3ccccc3C2=O)cc2nc(-c3ccc(Br)cc3)oc12. The van der Waals surface area contributed by atoms with Gasteiger partial charge in [-0.15, -0.1) is 0 Å². The number of hydrogen-bond acceptors (Lipinski definition) is 3. The zero-order chi connectivity index (χ0) is 18.5. The van der Waals surface area contributed by atoms with Crippen molar-refractivity contribution in [3.8, 4) is 11.5 Å². The summed E-state index contributed by atoms with van der Waals surface area (Å²) in [6, 6.07) is 19.5. The third kappa shape index (κ3) is 2.66. The maximum absolute atomic E-state index is 12.8. The Bertz CT molecular complexity index is 1190. The van der Waals surface area contributed by atoms with E-state index in [9.17, 15) is 4.79 Å². The number of carbonyl (C=O) groups is 1. The number of oxazole rings is 1. The average Bonchev–Trinajstić information content (AvgIpc) is 3.25. The van der Waals surface area contributed by atoms with E-state index in [1.165, 1.54) is 0 Å². The molecular weight excluding hydrogens is 404 g/mol. The molecular formula is C22H15BrN2O2. The van der Waals surface area contributed by atoms with Crippen molar-refractivity contribution in [2.75, 3.05) is 4.90 Å². The largest absolute Gasteiger partial charge is 0.436 e. The van der Waals surface area contributed by atoms with Crippen LogP contribution in [0, 0.1) is 6.92 Å². The molecule has 0 atom stereocenters. The van der Waals surface area contributed by atoms with Crippen LogP contribution in [0.25, 0.3) is 22.6 Å². The van der Waals surface area contributed by atoms with Gasteiger partial charge in [0, 0.05) is 21.3 Å². The van der Waals surface area contributed by atoms with Gasteiger partial charge in [-0.1, -0.05) is 34.1 Å². The molecule has 5 heteroatoms. The summed E-state index contributed by atoms with van der Waals surface area (Å²) in [5, 5.41) is 0. The van der Waals surface area contributed by atoms with Gasteiger partial charge in [-0.2, -0.15) is 0 Å². The maximum Gasteiger partial charge on any atom is 0.258 e. The van der Waals surface area contributed by atoms with E-state index in [2.05, 4.69) is 20.9 Å². The van der Waals surface area contributed by atoms with Gasteiger partial charge in [0.1, 0.15) is 5.52 Å². The number of anilines is 1. The Kier molecular flexibility index (Phi) is 3.65. The molecule has 0 saturated carbocycles. The van der Waals surface area contributed by atoms with Crippen LogP contribution < -0.4 is 4.90 Å². The van der Waals surface area contributed by atoms with Crippen LogP contribution in [0.4, 0.5) is 5.69 Å². The predicted molar refractivity (Wildman–Crippen MR) is 109 cm³/mol. The maximum atomic E-state index is 12.8. The van der Waals surface area contributed by atoms with Crippen LogP contribution in [0.15, 0.2) is 69.6 Å². The number of fused-ring (bicyclic) bond motifs is 2. The van der Waals surface area contributed by atoms with Gasteiger partial charge in [0.25, 0.3) is 5.91 Å². The van der Waals surface area contributed by atoms with E-state index < -0.39 is 0 Å². The van der Waals surface area contributed by atoms with E-state index in [4.69, 9.17) is 4.42 Å². The van der Waals surface area contributed by atoms with Crippen molar-refractivity contribution >= 4 is 38.6 Å². The highest BCUT2D eigenvalue weighted by Gasteiger charge is 2.28. The molecule has 3 aromatic carbocycles. The summed E-state index contributed by atoms with van der Waals surface area (Å²) < 4.78 is 7.01. The van der Waals surface area contributed by atoms with Crippen LogP contribution in [-0.2, 0) is 6.54 Å². The second-order valence-electron chi connectivity index (χ2n) is 6.69. The summed E-state index contributed by atoms with van der Waals surface area (Å²) in [4.78, 5) is 19.2. The smallest absolute Gasteiger partial charge is 0.258 e. The van der Waals surface area contributed by atoms with Gasteiger partial charge in [-0.05, 0) is 60.5 Å². The molecule has 4 nitrogen and oxygen atoms in total. The lowest BCUT2D eigenvalue weighted by Gasteiger charge is -2.16. The summed E-state index contributed by atoms with van der Waals surface area (Å²) >= 11 is 3.44. The number of benzene rings is 3. The Balaban J connectivity index is 1.58. The Hall–Kier alpha value is -2.92. The molecule has 1 amide bonds. The van der Waals surface area contributed by atoms with Crippen LogP contribution in [0.2, 0.25) is 0 Å². The molecule has 0 spiro atoms. The number of hydrogen-bond donors (Lipinski definition) is 0. The minimum Gasteiger partial charge on any atom is -0.436 e. The number of rotatable bonds is 2. The van der Waals surface area contributed by atoms with Crippen molar-refractivity contribution in [3.63, 3.8) is 0 Å². The predicted octanol–water partition coefficient (Wildman–Crippen LogP) is 5.73. The highest BCUT2D eigenvalue weighted by atomic mass is 79.9. The summed E-state index contributed by atoms with van der Waals surface area (Å²) in [5.41, 5.74) is 6.05. The molecule has 2 heterocycles. The van der Waals surface area contributed by atoms with Crippen LogP contribution in [0.1, 0.15) is 21.5 Å². The topological polar surface area (TPSA) is 46.3 Å². The first-order valence-corrected chi connectivity index (χ1v) is 9.46. The van der Waals surface area contributed by atoms with Crippen LogP contribution in [-0.4, -0.2) is 10.9 Å². The van der Waals surface area contributed by atoms with E-state index in [1.807, 2.05) is 67.6 Å². The molecule has 0 bridgehead atoms. The molecule has 0 saturated heterocycles. The van der Waals surface area contributed by atoms with Crippen molar-refractivity contribution in [1.82, 2.24) is 4.98 Å². The first-order valence-electron chi connectivity index (χ1n) is 8.67. The molecule has 0 unspecified atom stereocenters. The van der Waals surface area contributed by atoms with Crippen LogP contribution >= 0.6 is 15.9 Å². The quantitative estimate of drug-likeness (QED) is 0.417. The fourth-order valence-corrected chi connectivity index (χ4v) is 3.78. The zero-order valence-corrected chi connectivity index (χ0v) is 16.2. The number of carbonyl (C=O) groups excluding carboxylic acids is 1. The molecule has 1 aliphatic rings. The first-order chi connectivity index (χ1) is 13.1. The zero-order valence-electron chi connectivity index (χ0n) is 14.6. The average molecular weight is 419 g/mol. The molecule has 0 N–H and O–H groups in total. The third-order valence-corrected chi connectivity index (χ3v) is 5.41. The second kappa shape index (κ2) is 6.06. The van der Waals surface area contributed by atoms with Crippen LogP contribution in [0.3, 0.4) is 0 Å². The van der Waals surface area contributed by atoms with E-state index >= 15 is 0 Å². The molecule has 4 aromatic rings. The Morgan fingerprint density at radius 1 is 1.07 bits per heavy atom. The molecule has 0 aliphatic carbocycles. The molecule has 1 aromatic heterocycles. The molecule has 0 radical (unpaired) electrons. The second-order valence-corrected chi connectivity index (χ2v) is 7.60. The minimum absolute atomic E-state index is 0.0287. The number of nitrogens with zero attached hydrogens (tertiary/aromatic N) is 2. The van der Waals surface area contributed by atoms with Gasteiger partial charge < -0.3 is 9.32 Å². The van der Waals surface area contributed by atoms with E-state index in [0.29, 0.717) is 12.4 Å². The molecule has 27 heavy (non-hydrogen) atoms. The van der Waals surface area contributed by atoms with Gasteiger partial charge in [0.2, 0.25) is 5.89 Å². The van der Waals surface area contributed by atoms with Crippen molar-refractivity contribution in [2.24, 2.45) is 0 Å². The lowest BCUT2D eigenvalue weighted by Crippen LogP contribution is -2.23. The molecule has 1 aliphatic heterocycles. The van der Waals surface area contributed by atoms with Crippen molar-refractivity contribution < 1.29 is 9.21 Å². The fraction of sp³-hybridized carbons (Fsp3) is 0.0909. The lowest BCUT2D eigenvalue weighted by atomic mass is 10.1. The van der Waals surface area contributed by atoms with Crippen molar-refractivity contribution in [2.45, 2.75) is 13.5 Å². The van der Waals surface area contributed by atoms with Gasteiger partial charge in [-0.25, -0.2) is 4.98 Å². The Labute approximate surface area is 164 Å². The summed E-state index contributed by atoms with van der Waals surface area (Å²) in [6.45, 7) is 2.56. The van der Waals surface area contributed by atoms with Gasteiger partial charge >= 0.3 is 0 Å². The highest BCUT2D eigenvalue weighted by molar-refractivity contribution is 9.10. The monoisotopic (exact) mass is 418 g/mol. The lowest BCUT2D eigenvalue weighted by molar-refractivity contribution is 0.0996. The number of aromatic nitrogens is 1. The van der Waals surface area contributed by atoms with E-state index in [1.54, 1.807) is 4.90 Å². The van der Waals surface area contributed by atoms with Gasteiger partial charge in [0.15, 0.2) is 5.58 Å². The molecule has 132 valence electrons.